The smallest absolute Gasteiger partial charge is 0.201 e. The van der Waals surface area contributed by atoms with Gasteiger partial charge in [0.1, 0.15) is 0 Å². The van der Waals surface area contributed by atoms with Crippen molar-refractivity contribution in [3.8, 4) is 0 Å². The Kier molecular flexibility index (Phi) is 2.26. The highest BCUT2D eigenvalue weighted by Crippen LogP contribution is 2.42. The quantitative estimate of drug-likeness (QED) is 0.696. The predicted molar refractivity (Wildman–Crippen MR) is 52.7 cm³/mol. The Morgan fingerprint density at radius 1 is 1.36 bits per heavy atom. The highest BCUT2D eigenvalue weighted by molar-refractivity contribution is 6.31. The molecule has 0 atom stereocenters. The van der Waals surface area contributed by atoms with E-state index in [2.05, 4.69) is 6.92 Å². The third kappa shape index (κ3) is 1.90. The van der Waals surface area contributed by atoms with Crippen LogP contribution in [0.2, 0.25) is 5.02 Å². The standard InChI is InChI=1S/C11H10ClF2/c1-11(13,14)9-5-4-8(6-10(9)12)7-2-3-7/h4-7H,1-3H2. The lowest BCUT2D eigenvalue weighted by molar-refractivity contribution is 0.0488. The van der Waals surface area contributed by atoms with E-state index in [-0.39, 0.29) is 10.6 Å². The SMILES string of the molecule is [CH2]C(F)(F)c1ccc(C2CC2)cc1Cl. The number of benzene rings is 1. The average Bonchev–Trinajstić information content (AvgIpc) is 2.83. The Balaban J connectivity index is 2.35. The first-order valence-electron chi connectivity index (χ1n) is 4.51. The summed E-state index contributed by atoms with van der Waals surface area (Å²) in [5.41, 5.74) is 0.867. The summed E-state index contributed by atoms with van der Waals surface area (Å²) in [5.74, 6) is -2.57. The lowest BCUT2D eigenvalue weighted by Gasteiger charge is -2.13. The largest absolute Gasteiger partial charge is 0.274 e. The van der Waals surface area contributed by atoms with Crippen LogP contribution < -0.4 is 0 Å². The summed E-state index contributed by atoms with van der Waals surface area (Å²) in [5, 5.41) is 0.120. The van der Waals surface area contributed by atoms with Crippen LogP contribution in [0, 0.1) is 6.92 Å². The van der Waals surface area contributed by atoms with Crippen LogP contribution in [0.15, 0.2) is 18.2 Å². The van der Waals surface area contributed by atoms with Gasteiger partial charge in [-0.15, -0.1) is 0 Å². The van der Waals surface area contributed by atoms with E-state index in [1.165, 1.54) is 6.07 Å². The molecular weight excluding hydrogens is 206 g/mol. The first kappa shape index (κ1) is 9.91. The molecule has 3 heteroatoms. The van der Waals surface area contributed by atoms with Crippen LogP contribution in [0.1, 0.15) is 29.9 Å². The molecule has 2 rings (SSSR count). The zero-order chi connectivity index (χ0) is 10.3. The number of hydrogen-bond acceptors (Lipinski definition) is 0. The molecule has 1 fully saturated rings. The molecule has 0 aromatic heterocycles. The van der Waals surface area contributed by atoms with E-state index in [4.69, 9.17) is 11.6 Å². The van der Waals surface area contributed by atoms with Gasteiger partial charge in [-0.25, -0.2) is 8.78 Å². The Hall–Kier alpha value is -0.630. The van der Waals surface area contributed by atoms with Crippen molar-refractivity contribution in [2.24, 2.45) is 0 Å². The second kappa shape index (κ2) is 3.20. The molecule has 75 valence electrons. The zero-order valence-corrected chi connectivity index (χ0v) is 8.32. The Morgan fingerprint density at radius 3 is 2.43 bits per heavy atom. The summed E-state index contributed by atoms with van der Waals surface area (Å²) in [6, 6.07) is 4.73. The van der Waals surface area contributed by atoms with Gasteiger partial charge in [-0.3, -0.25) is 0 Å². The topological polar surface area (TPSA) is 0 Å². The minimum atomic E-state index is -3.10. The van der Waals surface area contributed by atoms with Gasteiger partial charge in [-0.2, -0.15) is 0 Å². The lowest BCUT2D eigenvalue weighted by Crippen LogP contribution is -2.08. The monoisotopic (exact) mass is 215 g/mol. The zero-order valence-electron chi connectivity index (χ0n) is 7.56. The molecule has 1 saturated carbocycles. The predicted octanol–water partition coefficient (Wildman–Crippen LogP) is 4.14. The molecule has 0 saturated heterocycles. The van der Waals surface area contributed by atoms with Crippen molar-refractivity contribution in [1.29, 1.82) is 0 Å². The van der Waals surface area contributed by atoms with Gasteiger partial charge in [0.2, 0.25) is 0 Å². The molecule has 0 spiro atoms. The van der Waals surface area contributed by atoms with Crippen molar-refractivity contribution in [1.82, 2.24) is 0 Å². The second-order valence-electron chi connectivity index (χ2n) is 3.72. The van der Waals surface area contributed by atoms with E-state index in [0.717, 1.165) is 18.4 Å². The van der Waals surface area contributed by atoms with Crippen molar-refractivity contribution < 1.29 is 8.78 Å². The highest BCUT2D eigenvalue weighted by Gasteiger charge is 2.29. The first-order chi connectivity index (χ1) is 6.48. The molecule has 0 unspecified atom stereocenters. The third-order valence-electron chi connectivity index (χ3n) is 2.44. The van der Waals surface area contributed by atoms with Gasteiger partial charge in [0, 0.05) is 12.5 Å². The molecule has 0 amide bonds. The van der Waals surface area contributed by atoms with Crippen LogP contribution in [0.5, 0.6) is 0 Å². The summed E-state index contributed by atoms with van der Waals surface area (Å²) in [7, 11) is 0. The molecule has 1 aliphatic rings. The number of halogens is 3. The van der Waals surface area contributed by atoms with E-state index in [9.17, 15) is 8.78 Å². The molecule has 1 radical (unpaired) electrons. The fourth-order valence-corrected chi connectivity index (χ4v) is 1.83. The first-order valence-corrected chi connectivity index (χ1v) is 4.89. The molecule has 0 N–H and O–H groups in total. The molecule has 1 aromatic rings. The maximum absolute atomic E-state index is 12.9. The van der Waals surface area contributed by atoms with Gasteiger partial charge in [0.25, 0.3) is 5.92 Å². The highest BCUT2D eigenvalue weighted by atomic mass is 35.5. The Morgan fingerprint density at radius 2 is 2.00 bits per heavy atom. The van der Waals surface area contributed by atoms with Gasteiger partial charge < -0.3 is 0 Å². The molecule has 0 aliphatic heterocycles. The molecule has 1 aliphatic carbocycles. The van der Waals surface area contributed by atoms with Gasteiger partial charge in [-0.1, -0.05) is 23.7 Å². The van der Waals surface area contributed by atoms with Gasteiger partial charge in [0.15, 0.2) is 0 Å². The summed E-state index contributed by atoms with van der Waals surface area (Å²) >= 11 is 5.77. The van der Waals surface area contributed by atoms with Crippen LogP contribution in [0.25, 0.3) is 0 Å². The molecular formula is C11H10ClF2. The summed E-state index contributed by atoms with van der Waals surface area (Å²) < 4.78 is 25.7. The fraction of sp³-hybridized carbons (Fsp3) is 0.364. The maximum atomic E-state index is 12.9. The van der Waals surface area contributed by atoms with Crippen molar-refractivity contribution in [3.63, 3.8) is 0 Å². The van der Waals surface area contributed by atoms with Gasteiger partial charge in [0.05, 0.1) is 5.02 Å². The van der Waals surface area contributed by atoms with Crippen LogP contribution in [0.3, 0.4) is 0 Å². The third-order valence-corrected chi connectivity index (χ3v) is 2.75. The van der Waals surface area contributed by atoms with Crippen molar-refractivity contribution in [2.45, 2.75) is 24.7 Å². The lowest BCUT2D eigenvalue weighted by atomic mass is 10.0. The van der Waals surface area contributed by atoms with Crippen molar-refractivity contribution in [3.05, 3.63) is 41.3 Å². The van der Waals surface area contributed by atoms with E-state index in [1.54, 1.807) is 12.1 Å². The van der Waals surface area contributed by atoms with E-state index in [1.807, 2.05) is 0 Å². The van der Waals surface area contributed by atoms with Gasteiger partial charge >= 0.3 is 0 Å². The van der Waals surface area contributed by atoms with Gasteiger partial charge in [-0.05, 0) is 30.4 Å². The molecule has 14 heavy (non-hydrogen) atoms. The van der Waals surface area contributed by atoms with Crippen LogP contribution in [-0.4, -0.2) is 0 Å². The molecule has 0 heterocycles. The summed E-state index contributed by atoms with van der Waals surface area (Å²) in [6.07, 6.45) is 2.27. The summed E-state index contributed by atoms with van der Waals surface area (Å²) in [4.78, 5) is 0. The fourth-order valence-electron chi connectivity index (χ4n) is 1.50. The molecule has 1 aromatic carbocycles. The number of rotatable bonds is 2. The van der Waals surface area contributed by atoms with Crippen molar-refractivity contribution in [2.75, 3.05) is 0 Å². The maximum Gasteiger partial charge on any atom is 0.274 e. The van der Waals surface area contributed by atoms with E-state index < -0.39 is 5.92 Å². The number of alkyl halides is 2. The second-order valence-corrected chi connectivity index (χ2v) is 4.13. The van der Waals surface area contributed by atoms with E-state index >= 15 is 0 Å². The van der Waals surface area contributed by atoms with Crippen LogP contribution in [0.4, 0.5) is 8.78 Å². The number of hydrogen-bond donors (Lipinski definition) is 0. The molecule has 0 nitrogen and oxygen atoms in total. The average molecular weight is 216 g/mol. The Labute approximate surface area is 86.9 Å². The summed E-state index contributed by atoms with van der Waals surface area (Å²) in [6.45, 7) is 2.77. The van der Waals surface area contributed by atoms with Crippen molar-refractivity contribution >= 4 is 11.6 Å². The minimum Gasteiger partial charge on any atom is -0.201 e. The molecule has 0 bridgehead atoms. The van der Waals surface area contributed by atoms with Crippen LogP contribution >= 0.6 is 11.6 Å². The minimum absolute atomic E-state index is 0.120. The van der Waals surface area contributed by atoms with E-state index in [0.29, 0.717) is 5.92 Å². The normalized spacial score (nSPS) is 17.1. The van der Waals surface area contributed by atoms with Crippen LogP contribution in [-0.2, 0) is 5.92 Å². The Bertz CT molecular complexity index is 351.